The molecular formula is C14H20N2O4. The predicted octanol–water partition coefficient (Wildman–Crippen LogP) is 2.18. The van der Waals surface area contributed by atoms with E-state index in [1.165, 1.54) is 6.07 Å². The highest BCUT2D eigenvalue weighted by molar-refractivity contribution is 5.68. The van der Waals surface area contributed by atoms with Crippen LogP contribution >= 0.6 is 0 Å². The zero-order valence-electron chi connectivity index (χ0n) is 12.0. The van der Waals surface area contributed by atoms with Gasteiger partial charge in [0.15, 0.2) is 5.75 Å². The van der Waals surface area contributed by atoms with Gasteiger partial charge in [0.25, 0.3) is 5.88 Å². The van der Waals surface area contributed by atoms with Crippen LogP contribution in [0.5, 0.6) is 11.6 Å². The molecule has 0 bridgehead atoms. The quantitative estimate of drug-likeness (QED) is 0.899. The summed E-state index contributed by atoms with van der Waals surface area (Å²) in [6, 6.07) is 3.15. The van der Waals surface area contributed by atoms with Crippen LogP contribution < -0.4 is 4.74 Å². The molecule has 0 spiro atoms. The van der Waals surface area contributed by atoms with Crippen LogP contribution in [-0.2, 0) is 4.74 Å². The molecule has 1 amide bonds. The van der Waals surface area contributed by atoms with E-state index in [1.807, 2.05) is 20.8 Å². The second-order valence-electron chi connectivity index (χ2n) is 5.78. The van der Waals surface area contributed by atoms with Crippen LogP contribution in [0.15, 0.2) is 18.3 Å². The molecule has 1 aromatic heterocycles. The molecule has 1 aromatic rings. The lowest BCUT2D eigenvalue weighted by molar-refractivity contribution is 0.0274. The summed E-state index contributed by atoms with van der Waals surface area (Å²) in [7, 11) is 0. The normalized spacial score (nSPS) is 18.9. The van der Waals surface area contributed by atoms with Crippen molar-refractivity contribution < 1.29 is 19.4 Å². The van der Waals surface area contributed by atoms with Crippen LogP contribution in [0.2, 0.25) is 0 Å². The molecule has 0 aromatic carbocycles. The Morgan fingerprint density at radius 1 is 1.50 bits per heavy atom. The van der Waals surface area contributed by atoms with Crippen molar-refractivity contribution in [2.75, 3.05) is 13.1 Å². The third kappa shape index (κ3) is 3.76. The predicted molar refractivity (Wildman–Crippen MR) is 72.7 cm³/mol. The zero-order valence-corrected chi connectivity index (χ0v) is 12.0. The SMILES string of the molecule is CC(C)(C)OC(=O)N1CCC(Oc2ncccc2O)C1. The van der Waals surface area contributed by atoms with E-state index in [4.69, 9.17) is 9.47 Å². The monoisotopic (exact) mass is 280 g/mol. The molecule has 2 rings (SSSR count). The Hall–Kier alpha value is -1.98. The fraction of sp³-hybridized carbons (Fsp3) is 0.571. The number of carbonyl (C=O) groups is 1. The molecule has 1 fully saturated rings. The molecule has 1 unspecified atom stereocenters. The number of likely N-dealkylation sites (tertiary alicyclic amines) is 1. The van der Waals surface area contributed by atoms with Gasteiger partial charge in [-0.05, 0) is 32.9 Å². The molecule has 2 heterocycles. The summed E-state index contributed by atoms with van der Waals surface area (Å²) in [6.45, 7) is 6.51. The van der Waals surface area contributed by atoms with E-state index in [0.29, 0.717) is 19.5 Å². The summed E-state index contributed by atoms with van der Waals surface area (Å²) in [5, 5.41) is 9.61. The molecule has 0 aliphatic carbocycles. The molecule has 20 heavy (non-hydrogen) atoms. The van der Waals surface area contributed by atoms with Crippen LogP contribution in [0.25, 0.3) is 0 Å². The van der Waals surface area contributed by atoms with Crippen molar-refractivity contribution in [1.29, 1.82) is 0 Å². The molecule has 1 N–H and O–H groups in total. The number of aromatic hydroxyl groups is 1. The average molecular weight is 280 g/mol. The summed E-state index contributed by atoms with van der Waals surface area (Å²) < 4.78 is 10.9. The second kappa shape index (κ2) is 5.56. The molecule has 1 aliphatic rings. The van der Waals surface area contributed by atoms with Gasteiger partial charge < -0.3 is 19.5 Å². The molecular weight excluding hydrogens is 260 g/mol. The van der Waals surface area contributed by atoms with Crippen molar-refractivity contribution >= 4 is 6.09 Å². The van der Waals surface area contributed by atoms with Crippen molar-refractivity contribution in [3.05, 3.63) is 18.3 Å². The number of nitrogens with zero attached hydrogens (tertiary/aromatic N) is 2. The molecule has 110 valence electrons. The number of hydrogen-bond donors (Lipinski definition) is 1. The Balaban J connectivity index is 1.90. The summed E-state index contributed by atoms with van der Waals surface area (Å²) >= 11 is 0. The van der Waals surface area contributed by atoms with Gasteiger partial charge in [-0.25, -0.2) is 9.78 Å². The number of pyridine rings is 1. The van der Waals surface area contributed by atoms with E-state index in [-0.39, 0.29) is 23.8 Å². The highest BCUT2D eigenvalue weighted by Gasteiger charge is 2.31. The minimum atomic E-state index is -0.505. The molecule has 1 aliphatic heterocycles. The van der Waals surface area contributed by atoms with Gasteiger partial charge in [0.2, 0.25) is 0 Å². The molecule has 0 saturated carbocycles. The average Bonchev–Trinajstić information content (AvgIpc) is 2.79. The molecule has 6 heteroatoms. The third-order valence-corrected chi connectivity index (χ3v) is 2.83. The minimum Gasteiger partial charge on any atom is -0.503 e. The Morgan fingerprint density at radius 3 is 2.90 bits per heavy atom. The van der Waals surface area contributed by atoms with Gasteiger partial charge in [-0.15, -0.1) is 0 Å². The first-order valence-electron chi connectivity index (χ1n) is 6.64. The minimum absolute atomic E-state index is 0.00298. The largest absolute Gasteiger partial charge is 0.503 e. The lowest BCUT2D eigenvalue weighted by Crippen LogP contribution is -2.36. The maximum atomic E-state index is 11.9. The number of ether oxygens (including phenoxy) is 2. The standard InChI is InChI=1S/C14H20N2O4/c1-14(2,3)20-13(18)16-8-6-10(9-16)19-12-11(17)5-4-7-15-12/h4-5,7,10,17H,6,8-9H2,1-3H3. The third-order valence-electron chi connectivity index (χ3n) is 2.83. The number of carbonyl (C=O) groups excluding carboxylic acids is 1. The van der Waals surface area contributed by atoms with E-state index < -0.39 is 5.60 Å². The van der Waals surface area contributed by atoms with Crippen molar-refractivity contribution in [3.63, 3.8) is 0 Å². The number of rotatable bonds is 2. The molecule has 1 atom stereocenters. The van der Waals surface area contributed by atoms with Gasteiger partial charge in [0.1, 0.15) is 11.7 Å². The lowest BCUT2D eigenvalue weighted by Gasteiger charge is -2.24. The Morgan fingerprint density at radius 2 is 2.25 bits per heavy atom. The zero-order chi connectivity index (χ0) is 14.8. The summed E-state index contributed by atoms with van der Waals surface area (Å²) in [4.78, 5) is 17.5. The maximum absolute atomic E-state index is 11.9. The van der Waals surface area contributed by atoms with E-state index in [2.05, 4.69) is 4.98 Å². The summed E-state index contributed by atoms with van der Waals surface area (Å²) in [6.07, 6.45) is 1.72. The van der Waals surface area contributed by atoms with Crippen LogP contribution in [-0.4, -0.2) is 45.9 Å². The van der Waals surface area contributed by atoms with E-state index in [9.17, 15) is 9.90 Å². The molecule has 0 radical (unpaired) electrons. The Bertz CT molecular complexity index is 484. The van der Waals surface area contributed by atoms with Gasteiger partial charge in [0.05, 0.1) is 6.54 Å². The van der Waals surface area contributed by atoms with Gasteiger partial charge in [0, 0.05) is 19.2 Å². The topological polar surface area (TPSA) is 71.9 Å². The Kier molecular flexibility index (Phi) is 4.01. The van der Waals surface area contributed by atoms with Crippen molar-refractivity contribution in [2.24, 2.45) is 0 Å². The molecule has 1 saturated heterocycles. The maximum Gasteiger partial charge on any atom is 0.410 e. The van der Waals surface area contributed by atoms with Gasteiger partial charge in [-0.3, -0.25) is 0 Å². The van der Waals surface area contributed by atoms with E-state index in [0.717, 1.165) is 0 Å². The second-order valence-corrected chi connectivity index (χ2v) is 5.78. The highest BCUT2D eigenvalue weighted by Crippen LogP contribution is 2.25. The van der Waals surface area contributed by atoms with Crippen LogP contribution in [0.3, 0.4) is 0 Å². The Labute approximate surface area is 118 Å². The van der Waals surface area contributed by atoms with Gasteiger partial charge in [-0.2, -0.15) is 0 Å². The van der Waals surface area contributed by atoms with Crippen LogP contribution in [0.4, 0.5) is 4.79 Å². The van der Waals surface area contributed by atoms with Crippen LogP contribution in [0.1, 0.15) is 27.2 Å². The van der Waals surface area contributed by atoms with Gasteiger partial charge in [-0.1, -0.05) is 0 Å². The first-order chi connectivity index (χ1) is 9.35. The fourth-order valence-corrected chi connectivity index (χ4v) is 1.95. The van der Waals surface area contributed by atoms with E-state index >= 15 is 0 Å². The van der Waals surface area contributed by atoms with Crippen molar-refractivity contribution in [3.8, 4) is 11.6 Å². The smallest absolute Gasteiger partial charge is 0.410 e. The van der Waals surface area contributed by atoms with Gasteiger partial charge >= 0.3 is 6.09 Å². The van der Waals surface area contributed by atoms with Crippen molar-refractivity contribution in [1.82, 2.24) is 9.88 Å². The van der Waals surface area contributed by atoms with E-state index in [1.54, 1.807) is 17.2 Å². The first kappa shape index (κ1) is 14.4. The first-order valence-corrected chi connectivity index (χ1v) is 6.64. The number of amides is 1. The molecule has 6 nitrogen and oxygen atoms in total. The highest BCUT2D eigenvalue weighted by atomic mass is 16.6. The lowest BCUT2D eigenvalue weighted by atomic mass is 10.2. The summed E-state index contributed by atoms with van der Waals surface area (Å²) in [5.41, 5.74) is -0.505. The fourth-order valence-electron chi connectivity index (χ4n) is 1.95. The number of aromatic nitrogens is 1. The number of hydrogen-bond acceptors (Lipinski definition) is 5. The summed E-state index contributed by atoms with van der Waals surface area (Å²) in [5.74, 6) is 0.201. The van der Waals surface area contributed by atoms with Crippen molar-refractivity contribution in [2.45, 2.75) is 38.9 Å². The van der Waals surface area contributed by atoms with Crippen LogP contribution in [0, 0.1) is 0 Å².